The number of aromatic amines is 1. The van der Waals surface area contributed by atoms with Crippen molar-refractivity contribution in [3.8, 4) is 0 Å². The summed E-state index contributed by atoms with van der Waals surface area (Å²) in [5, 5.41) is 0. The van der Waals surface area contributed by atoms with Crippen LogP contribution in [0.5, 0.6) is 0 Å². The number of hydrogen-bond donors (Lipinski definition) is 1. The Bertz CT molecular complexity index is 414. The van der Waals surface area contributed by atoms with Crippen molar-refractivity contribution in [1.29, 1.82) is 0 Å². The number of ether oxygens (including phenoxy) is 1. The van der Waals surface area contributed by atoms with Crippen LogP contribution in [0.15, 0.2) is 17.1 Å². The maximum absolute atomic E-state index is 12.5. The van der Waals surface area contributed by atoms with Crippen molar-refractivity contribution < 1.29 is 18.3 Å². The number of rotatable bonds is 3. The highest BCUT2D eigenvalue weighted by molar-refractivity contribution is 5.72. The summed E-state index contributed by atoms with van der Waals surface area (Å²) < 4.78 is 29.3. The van der Waals surface area contributed by atoms with Crippen LogP contribution in [0.2, 0.25) is 0 Å². The fourth-order valence-electron chi connectivity index (χ4n) is 1.10. The highest BCUT2D eigenvalue weighted by Crippen LogP contribution is 2.21. The van der Waals surface area contributed by atoms with Crippen LogP contribution in [0.1, 0.15) is 17.6 Å². The molecule has 0 spiro atoms. The van der Waals surface area contributed by atoms with Crippen LogP contribution in [-0.4, -0.2) is 18.1 Å². The van der Waals surface area contributed by atoms with Gasteiger partial charge in [0.1, 0.15) is 0 Å². The molecule has 0 aromatic carbocycles. The van der Waals surface area contributed by atoms with Gasteiger partial charge in [-0.05, 0) is 5.56 Å². The Morgan fingerprint density at radius 1 is 1.60 bits per heavy atom. The molecule has 0 aliphatic carbocycles. The Kier molecular flexibility index (Phi) is 3.54. The lowest BCUT2D eigenvalue weighted by Gasteiger charge is -2.06. The van der Waals surface area contributed by atoms with Gasteiger partial charge in [-0.15, -0.1) is 0 Å². The minimum Gasteiger partial charge on any atom is -0.469 e. The molecule has 1 aromatic heterocycles. The van der Waals surface area contributed by atoms with Crippen LogP contribution in [0.4, 0.5) is 8.78 Å². The third-order valence-electron chi connectivity index (χ3n) is 1.84. The molecule has 0 bridgehead atoms. The molecule has 0 fully saturated rings. The van der Waals surface area contributed by atoms with Crippen LogP contribution in [0.3, 0.4) is 0 Å². The molecule has 0 saturated heterocycles. The smallest absolute Gasteiger partial charge is 0.310 e. The molecule has 15 heavy (non-hydrogen) atoms. The van der Waals surface area contributed by atoms with Gasteiger partial charge in [0.15, 0.2) is 0 Å². The van der Waals surface area contributed by atoms with Crippen molar-refractivity contribution in [2.24, 2.45) is 0 Å². The minimum absolute atomic E-state index is 0.0662. The second kappa shape index (κ2) is 4.68. The molecule has 1 N–H and O–H groups in total. The van der Waals surface area contributed by atoms with E-state index in [0.29, 0.717) is 0 Å². The average Bonchev–Trinajstić information content (AvgIpc) is 2.20. The summed E-state index contributed by atoms with van der Waals surface area (Å²) in [6.45, 7) is 0. The van der Waals surface area contributed by atoms with Gasteiger partial charge in [0.25, 0.3) is 6.43 Å². The lowest BCUT2D eigenvalue weighted by molar-refractivity contribution is -0.139. The van der Waals surface area contributed by atoms with Gasteiger partial charge in [-0.1, -0.05) is 0 Å². The predicted octanol–water partition coefficient (Wildman–Crippen LogP) is 1.03. The molecule has 0 aliphatic rings. The maximum Gasteiger partial charge on any atom is 0.310 e. The van der Waals surface area contributed by atoms with Gasteiger partial charge in [-0.2, -0.15) is 0 Å². The molecule has 0 amide bonds. The first-order chi connectivity index (χ1) is 7.04. The van der Waals surface area contributed by atoms with Gasteiger partial charge in [0.2, 0.25) is 5.56 Å². The van der Waals surface area contributed by atoms with Crippen LogP contribution in [-0.2, 0) is 16.0 Å². The molecule has 0 atom stereocenters. The van der Waals surface area contributed by atoms with E-state index in [0.717, 1.165) is 19.4 Å². The molecule has 0 saturated carbocycles. The Labute approximate surface area is 83.9 Å². The van der Waals surface area contributed by atoms with Gasteiger partial charge in [-0.3, -0.25) is 9.59 Å². The van der Waals surface area contributed by atoms with Crippen molar-refractivity contribution in [2.45, 2.75) is 12.8 Å². The number of nitrogens with one attached hydrogen (secondary N) is 1. The summed E-state index contributed by atoms with van der Waals surface area (Å²) in [6, 6.07) is 0.781. The van der Waals surface area contributed by atoms with E-state index in [2.05, 4.69) is 9.72 Å². The number of carbonyl (C=O) groups excluding carboxylic acids is 1. The molecule has 1 aromatic rings. The molecular formula is C9H9F2NO3. The number of halogens is 2. The Morgan fingerprint density at radius 3 is 2.80 bits per heavy atom. The molecule has 1 rings (SSSR count). The second-order valence-corrected chi connectivity index (χ2v) is 2.83. The third-order valence-corrected chi connectivity index (χ3v) is 1.84. The number of aromatic nitrogens is 1. The van der Waals surface area contributed by atoms with E-state index in [9.17, 15) is 18.4 Å². The average molecular weight is 217 g/mol. The molecular weight excluding hydrogens is 208 g/mol. The second-order valence-electron chi connectivity index (χ2n) is 2.83. The zero-order valence-corrected chi connectivity index (χ0v) is 7.92. The standard InChI is InChI=1S/C9H9F2NO3/c1-15-8(14)2-5-4-12-7(13)3-6(5)9(10)11/h3-4,9H,2H2,1H3,(H,12,13). The third kappa shape index (κ3) is 2.87. The quantitative estimate of drug-likeness (QED) is 0.769. The van der Waals surface area contributed by atoms with Crippen molar-refractivity contribution in [1.82, 2.24) is 4.98 Å². The minimum atomic E-state index is -2.79. The van der Waals surface area contributed by atoms with Crippen molar-refractivity contribution >= 4 is 5.97 Å². The fourth-order valence-corrected chi connectivity index (χ4v) is 1.10. The lowest BCUT2D eigenvalue weighted by Crippen LogP contribution is -2.12. The lowest BCUT2D eigenvalue weighted by atomic mass is 10.1. The number of H-pyrrole nitrogens is 1. The van der Waals surface area contributed by atoms with E-state index >= 15 is 0 Å². The maximum atomic E-state index is 12.5. The number of methoxy groups -OCH3 is 1. The highest BCUT2D eigenvalue weighted by Gasteiger charge is 2.16. The SMILES string of the molecule is COC(=O)Cc1c[nH]c(=O)cc1C(F)F. The van der Waals surface area contributed by atoms with Crippen LogP contribution >= 0.6 is 0 Å². The molecule has 1 heterocycles. The van der Waals surface area contributed by atoms with Gasteiger partial charge in [-0.25, -0.2) is 8.78 Å². The number of carbonyl (C=O) groups is 1. The number of pyridine rings is 1. The monoisotopic (exact) mass is 217 g/mol. The number of hydrogen-bond acceptors (Lipinski definition) is 3. The summed E-state index contributed by atoms with van der Waals surface area (Å²) in [5.41, 5.74) is -1.00. The van der Waals surface area contributed by atoms with Crippen molar-refractivity contribution in [3.05, 3.63) is 33.7 Å². The molecule has 0 unspecified atom stereocenters. The van der Waals surface area contributed by atoms with E-state index in [1.54, 1.807) is 0 Å². The van der Waals surface area contributed by atoms with Gasteiger partial charge < -0.3 is 9.72 Å². The molecule has 82 valence electrons. The van der Waals surface area contributed by atoms with Crippen LogP contribution in [0, 0.1) is 0 Å². The first-order valence-corrected chi connectivity index (χ1v) is 4.11. The Hall–Kier alpha value is -1.72. The summed E-state index contributed by atoms with van der Waals surface area (Å²) in [5.74, 6) is -0.635. The number of esters is 1. The van der Waals surface area contributed by atoms with Crippen molar-refractivity contribution in [3.63, 3.8) is 0 Å². The molecule has 0 aliphatic heterocycles. The van der Waals surface area contributed by atoms with Gasteiger partial charge in [0, 0.05) is 17.8 Å². The normalized spacial score (nSPS) is 10.4. The summed E-state index contributed by atoms with van der Waals surface area (Å²) in [4.78, 5) is 23.9. The first-order valence-electron chi connectivity index (χ1n) is 4.11. The Balaban J connectivity index is 3.06. The zero-order valence-electron chi connectivity index (χ0n) is 7.92. The summed E-state index contributed by atoms with van der Waals surface area (Å²) >= 11 is 0. The summed E-state index contributed by atoms with van der Waals surface area (Å²) in [7, 11) is 1.16. The largest absolute Gasteiger partial charge is 0.469 e. The van der Waals surface area contributed by atoms with Gasteiger partial charge in [0.05, 0.1) is 13.5 Å². The zero-order chi connectivity index (χ0) is 11.4. The molecule has 6 heteroatoms. The van der Waals surface area contributed by atoms with Crippen molar-refractivity contribution in [2.75, 3.05) is 7.11 Å². The van der Waals surface area contributed by atoms with E-state index in [-0.39, 0.29) is 12.0 Å². The predicted molar refractivity (Wildman–Crippen MR) is 47.7 cm³/mol. The van der Waals surface area contributed by atoms with E-state index in [4.69, 9.17) is 0 Å². The first kappa shape index (κ1) is 11.4. The molecule has 0 radical (unpaired) electrons. The van der Waals surface area contributed by atoms with Gasteiger partial charge >= 0.3 is 5.97 Å². The van der Waals surface area contributed by atoms with E-state index in [1.807, 2.05) is 0 Å². The van der Waals surface area contributed by atoms with E-state index < -0.39 is 23.5 Å². The highest BCUT2D eigenvalue weighted by atomic mass is 19.3. The summed E-state index contributed by atoms with van der Waals surface area (Å²) in [6.07, 6.45) is -1.97. The molecule has 4 nitrogen and oxygen atoms in total. The fraction of sp³-hybridized carbons (Fsp3) is 0.333. The number of alkyl halides is 2. The Morgan fingerprint density at radius 2 is 2.27 bits per heavy atom. The van der Waals surface area contributed by atoms with E-state index in [1.165, 1.54) is 0 Å². The van der Waals surface area contributed by atoms with Crippen LogP contribution < -0.4 is 5.56 Å². The topological polar surface area (TPSA) is 59.2 Å². The van der Waals surface area contributed by atoms with Crippen LogP contribution in [0.25, 0.3) is 0 Å².